The number of unbranched alkanes of at least 4 members (excludes halogenated alkanes) is 3. The number of ether oxygens (including phenoxy) is 1. The molecular weight excluding hydrogens is 470 g/mol. The molecule has 0 radical (unpaired) electrons. The van der Waals surface area contributed by atoms with Crippen LogP contribution in [0.4, 0.5) is 4.79 Å². The van der Waals surface area contributed by atoms with Crippen LogP contribution in [0, 0.1) is 40.4 Å². The van der Waals surface area contributed by atoms with Crippen LogP contribution < -0.4 is 5.32 Å². The molecule has 0 aromatic heterocycles. The number of nitrogens with one attached hydrogen (secondary N) is 1. The van der Waals surface area contributed by atoms with E-state index in [1.54, 1.807) is 0 Å². The van der Waals surface area contributed by atoms with Gasteiger partial charge in [0.05, 0.1) is 11.7 Å². The second-order valence-corrected chi connectivity index (χ2v) is 13.7. The average Bonchev–Trinajstić information content (AvgIpc) is 3.20. The number of rotatable bonds is 9. The minimum atomic E-state index is -1.10. The van der Waals surface area contributed by atoms with E-state index in [0.29, 0.717) is 24.2 Å². The zero-order valence-corrected chi connectivity index (χ0v) is 23.5. The molecule has 0 saturated heterocycles. The molecule has 4 aliphatic carbocycles. The Kier molecular flexibility index (Phi) is 8.55. The largest absolute Gasteiger partial charge is 0.480 e. The third kappa shape index (κ3) is 5.54. The highest BCUT2D eigenvalue weighted by Crippen LogP contribution is 2.69. The summed E-state index contributed by atoms with van der Waals surface area (Å²) in [5.74, 6) is 0.684. The second kappa shape index (κ2) is 11.0. The Morgan fingerprint density at radius 2 is 1.68 bits per heavy atom. The van der Waals surface area contributed by atoms with Gasteiger partial charge >= 0.3 is 12.1 Å². The summed E-state index contributed by atoms with van der Waals surface area (Å²) >= 11 is 0. The van der Waals surface area contributed by atoms with Crippen LogP contribution in [0.1, 0.15) is 111 Å². The zero-order valence-electron chi connectivity index (χ0n) is 23.5. The Morgan fingerprint density at radius 1 is 0.973 bits per heavy atom. The molecule has 1 amide bonds. The van der Waals surface area contributed by atoms with E-state index >= 15 is 0 Å². The number of carboxylic acid groups (broad SMARTS) is 1. The number of fused-ring (bicyclic) bond motifs is 5. The summed E-state index contributed by atoms with van der Waals surface area (Å²) in [6, 6.07) is 0. The molecule has 4 N–H and O–H groups in total. The van der Waals surface area contributed by atoms with Crippen molar-refractivity contribution in [2.45, 2.75) is 129 Å². The molecule has 7 nitrogen and oxygen atoms in total. The molecule has 10 atom stereocenters. The van der Waals surface area contributed by atoms with Gasteiger partial charge < -0.3 is 25.4 Å². The summed E-state index contributed by atoms with van der Waals surface area (Å²) in [4.78, 5) is 23.5. The molecule has 1 unspecified atom stereocenters. The monoisotopic (exact) mass is 521 g/mol. The first kappa shape index (κ1) is 28.7. The number of carboxylic acids is 1. The summed E-state index contributed by atoms with van der Waals surface area (Å²) in [6.45, 7) is 8.60. The number of amides is 1. The molecule has 0 bridgehead atoms. The van der Waals surface area contributed by atoms with E-state index in [9.17, 15) is 19.8 Å². The lowest BCUT2D eigenvalue weighted by Gasteiger charge is -2.62. The van der Waals surface area contributed by atoms with Gasteiger partial charge in [-0.3, -0.25) is 4.79 Å². The van der Waals surface area contributed by atoms with E-state index in [1.807, 2.05) is 0 Å². The minimum absolute atomic E-state index is 0.0119. The highest BCUT2D eigenvalue weighted by Gasteiger charge is 2.64. The van der Waals surface area contributed by atoms with Crippen molar-refractivity contribution in [2.75, 3.05) is 6.54 Å². The summed E-state index contributed by atoms with van der Waals surface area (Å²) in [5.41, 5.74) is -0.600. The quantitative estimate of drug-likeness (QED) is 0.297. The summed E-state index contributed by atoms with van der Waals surface area (Å²) in [7, 11) is 0. The predicted octanol–water partition coefficient (Wildman–Crippen LogP) is 5.52. The number of hydrogen-bond donors (Lipinski definition) is 4. The Hall–Kier alpha value is -1.34. The summed E-state index contributed by atoms with van der Waals surface area (Å²) in [5, 5.41) is 33.6. The van der Waals surface area contributed by atoms with Crippen LogP contribution in [0.15, 0.2) is 0 Å². The number of carbonyl (C=O) groups excluding carboxylic acids is 1. The van der Waals surface area contributed by atoms with Gasteiger partial charge in [0.2, 0.25) is 0 Å². The van der Waals surface area contributed by atoms with Crippen molar-refractivity contribution in [3.8, 4) is 0 Å². The third-order valence-electron chi connectivity index (χ3n) is 11.6. The first-order chi connectivity index (χ1) is 17.4. The fourth-order valence-electron chi connectivity index (χ4n) is 9.81. The highest BCUT2D eigenvalue weighted by atomic mass is 16.6. The van der Waals surface area contributed by atoms with Crippen molar-refractivity contribution in [1.29, 1.82) is 0 Å². The van der Waals surface area contributed by atoms with E-state index in [0.717, 1.165) is 57.8 Å². The van der Waals surface area contributed by atoms with Gasteiger partial charge in [-0.15, -0.1) is 0 Å². The lowest BCUT2D eigenvalue weighted by Crippen LogP contribution is -2.60. The normalized spacial score (nSPS) is 42.6. The number of alkyl carbamates (subject to hydrolysis) is 1. The molecule has 37 heavy (non-hydrogen) atoms. The van der Waals surface area contributed by atoms with E-state index in [2.05, 4.69) is 33.0 Å². The van der Waals surface area contributed by atoms with Gasteiger partial charge in [-0.2, -0.15) is 0 Å². The Bertz CT molecular complexity index is 831. The van der Waals surface area contributed by atoms with Crippen LogP contribution in [0.2, 0.25) is 0 Å². The minimum Gasteiger partial charge on any atom is -0.480 e. The smallest absolute Gasteiger partial charge is 0.407 e. The molecule has 0 aromatic carbocycles. The molecule has 4 aliphatic rings. The topological polar surface area (TPSA) is 116 Å². The Morgan fingerprint density at radius 3 is 2.38 bits per heavy atom. The average molecular weight is 522 g/mol. The van der Waals surface area contributed by atoms with Gasteiger partial charge in [0, 0.05) is 5.92 Å². The van der Waals surface area contributed by atoms with Gasteiger partial charge in [-0.25, -0.2) is 4.79 Å². The molecule has 7 heteroatoms. The fraction of sp³-hybridized carbons (Fsp3) is 0.933. The van der Waals surface area contributed by atoms with E-state index in [1.165, 1.54) is 19.3 Å². The Labute approximate surface area is 223 Å². The van der Waals surface area contributed by atoms with E-state index < -0.39 is 24.2 Å². The lowest BCUT2D eigenvalue weighted by atomic mass is 9.43. The van der Waals surface area contributed by atoms with Gasteiger partial charge in [-0.05, 0) is 99.2 Å². The highest BCUT2D eigenvalue weighted by molar-refractivity contribution is 5.76. The Balaban J connectivity index is 1.55. The second-order valence-electron chi connectivity index (χ2n) is 13.7. The fourth-order valence-corrected chi connectivity index (χ4v) is 9.81. The van der Waals surface area contributed by atoms with Crippen molar-refractivity contribution in [3.05, 3.63) is 0 Å². The molecule has 4 rings (SSSR count). The maximum atomic E-state index is 12.6. The number of aliphatic carboxylic acids is 1. The van der Waals surface area contributed by atoms with Crippen molar-refractivity contribution >= 4 is 12.1 Å². The zero-order chi connectivity index (χ0) is 27.0. The van der Waals surface area contributed by atoms with Crippen LogP contribution >= 0.6 is 0 Å². The van der Waals surface area contributed by atoms with E-state index in [-0.39, 0.29) is 34.9 Å². The molecule has 4 saturated carbocycles. The first-order valence-electron chi connectivity index (χ1n) is 15.0. The van der Waals surface area contributed by atoms with Crippen molar-refractivity contribution in [2.24, 2.45) is 40.4 Å². The van der Waals surface area contributed by atoms with Crippen LogP contribution in [0.5, 0.6) is 0 Å². The molecule has 212 valence electrons. The maximum Gasteiger partial charge on any atom is 0.407 e. The molecular formula is C30H51NO6. The number of aliphatic hydroxyl groups excluding tert-OH is 1. The van der Waals surface area contributed by atoms with Gasteiger partial charge in [0.1, 0.15) is 12.6 Å². The van der Waals surface area contributed by atoms with Crippen LogP contribution in [-0.2, 0) is 9.53 Å². The van der Waals surface area contributed by atoms with Crippen molar-refractivity contribution in [3.63, 3.8) is 0 Å². The molecule has 0 aromatic rings. The summed E-state index contributed by atoms with van der Waals surface area (Å²) in [6.07, 6.45) is 11.7. The van der Waals surface area contributed by atoms with Gasteiger partial charge in [0.25, 0.3) is 0 Å². The van der Waals surface area contributed by atoms with E-state index in [4.69, 9.17) is 9.84 Å². The molecule has 0 heterocycles. The summed E-state index contributed by atoms with van der Waals surface area (Å²) < 4.78 is 5.95. The van der Waals surface area contributed by atoms with Gasteiger partial charge in [0.15, 0.2) is 0 Å². The van der Waals surface area contributed by atoms with Crippen LogP contribution in [-0.4, -0.2) is 51.7 Å². The number of hydrogen-bond acceptors (Lipinski definition) is 5. The molecule has 4 fully saturated rings. The van der Waals surface area contributed by atoms with Crippen LogP contribution in [0.3, 0.4) is 0 Å². The number of aliphatic hydroxyl groups is 2. The predicted molar refractivity (Wildman–Crippen MR) is 142 cm³/mol. The molecule has 0 spiro atoms. The third-order valence-corrected chi connectivity index (χ3v) is 11.6. The standard InChI is InChI=1S/C30H51NO6/c1-5-6-7-8-13-30(4,36)25-10-9-21-20-17-24(37-27(35)31-18-26(33)34)23-16-19(32)11-14-28(23,2)22(20)12-15-29(21,25)3/h19-25,32,36H,5-18H2,1-4H3,(H,31,35)(H,33,34)/t19-,20-,21-,22-,23+,24-,25-,28+,29-,30?/m0/s1. The van der Waals surface area contributed by atoms with Gasteiger partial charge in [-0.1, -0.05) is 46.5 Å². The maximum absolute atomic E-state index is 12.6. The SMILES string of the molecule is CCCCCCC(C)(O)[C@H]1CC[C@H]2[C@@H]3C[C@H](OC(=O)NCC(=O)O)[C@H]4C[C@@H](O)CC[C@]4(C)[C@H]3CC[C@]12C. The van der Waals surface area contributed by atoms with Crippen molar-refractivity contribution < 1.29 is 29.6 Å². The van der Waals surface area contributed by atoms with Crippen molar-refractivity contribution in [1.82, 2.24) is 5.32 Å². The lowest BCUT2D eigenvalue weighted by molar-refractivity contribution is -0.179. The first-order valence-corrected chi connectivity index (χ1v) is 15.0. The molecule has 0 aliphatic heterocycles. The number of carbonyl (C=O) groups is 2. The van der Waals surface area contributed by atoms with Crippen LogP contribution in [0.25, 0.3) is 0 Å².